The molecular weight excluding hydrogens is 330 g/mol. The molecule has 0 spiro atoms. The normalized spacial score (nSPS) is 17.5. The standard InChI is InChI=1S/C14H17BrClNO2/c1-17(9-14(19)7-2-3-8-14)13(18)10-5-4-6-11(15)12(10)16/h4-6,19H,2-3,7-9H2,1H3. The molecule has 0 aromatic heterocycles. The van der Waals surface area contributed by atoms with E-state index in [0.29, 0.717) is 21.6 Å². The summed E-state index contributed by atoms with van der Waals surface area (Å²) in [6.45, 7) is 0.356. The number of benzene rings is 1. The first-order chi connectivity index (χ1) is 8.93. The number of carbonyl (C=O) groups excluding carboxylic acids is 1. The van der Waals surface area contributed by atoms with E-state index in [1.54, 1.807) is 30.1 Å². The molecule has 104 valence electrons. The predicted molar refractivity (Wildman–Crippen MR) is 79.5 cm³/mol. The zero-order valence-electron chi connectivity index (χ0n) is 10.8. The minimum Gasteiger partial charge on any atom is -0.388 e. The van der Waals surface area contributed by atoms with Crippen molar-refractivity contribution in [1.82, 2.24) is 4.90 Å². The Morgan fingerprint density at radius 1 is 1.47 bits per heavy atom. The maximum absolute atomic E-state index is 12.4. The lowest BCUT2D eigenvalue weighted by Gasteiger charge is -2.28. The van der Waals surface area contributed by atoms with Gasteiger partial charge in [-0.05, 0) is 40.9 Å². The summed E-state index contributed by atoms with van der Waals surface area (Å²) in [5.74, 6) is -0.161. The van der Waals surface area contributed by atoms with Crippen LogP contribution in [0.2, 0.25) is 5.02 Å². The van der Waals surface area contributed by atoms with Crippen LogP contribution in [0.3, 0.4) is 0 Å². The van der Waals surface area contributed by atoms with E-state index < -0.39 is 5.60 Å². The highest BCUT2D eigenvalue weighted by molar-refractivity contribution is 9.10. The minimum atomic E-state index is -0.733. The molecule has 1 amide bonds. The predicted octanol–water partition coefficient (Wildman–Crippen LogP) is 3.48. The maximum atomic E-state index is 12.4. The van der Waals surface area contributed by atoms with Crippen molar-refractivity contribution in [3.63, 3.8) is 0 Å². The van der Waals surface area contributed by atoms with Crippen molar-refractivity contribution in [1.29, 1.82) is 0 Å². The van der Waals surface area contributed by atoms with Gasteiger partial charge in [-0.1, -0.05) is 30.5 Å². The lowest BCUT2D eigenvalue weighted by Crippen LogP contribution is -2.42. The van der Waals surface area contributed by atoms with E-state index in [1.807, 2.05) is 0 Å². The Hall–Kier alpha value is -0.580. The summed E-state index contributed by atoms with van der Waals surface area (Å²) in [5, 5.41) is 10.8. The molecule has 2 rings (SSSR count). The number of amides is 1. The van der Waals surface area contributed by atoms with E-state index in [-0.39, 0.29) is 5.91 Å². The highest BCUT2D eigenvalue weighted by Crippen LogP contribution is 2.31. The molecular formula is C14H17BrClNO2. The summed E-state index contributed by atoms with van der Waals surface area (Å²) < 4.78 is 0.702. The van der Waals surface area contributed by atoms with Gasteiger partial charge in [0.1, 0.15) is 0 Å². The van der Waals surface area contributed by atoms with Gasteiger partial charge in [-0.3, -0.25) is 4.79 Å². The number of carbonyl (C=O) groups is 1. The van der Waals surface area contributed by atoms with Crippen LogP contribution in [-0.4, -0.2) is 35.1 Å². The van der Waals surface area contributed by atoms with Gasteiger partial charge in [0, 0.05) is 18.1 Å². The van der Waals surface area contributed by atoms with Gasteiger partial charge in [0.25, 0.3) is 5.91 Å². The number of hydrogen-bond acceptors (Lipinski definition) is 2. The van der Waals surface area contributed by atoms with Crippen LogP contribution in [0.5, 0.6) is 0 Å². The van der Waals surface area contributed by atoms with E-state index in [0.717, 1.165) is 25.7 Å². The summed E-state index contributed by atoms with van der Waals surface area (Å²) in [6.07, 6.45) is 3.57. The molecule has 0 aliphatic heterocycles. The third-order valence-electron chi connectivity index (χ3n) is 3.59. The second-order valence-electron chi connectivity index (χ2n) is 5.19. The number of hydrogen-bond donors (Lipinski definition) is 1. The lowest BCUT2D eigenvalue weighted by molar-refractivity contribution is 0.0157. The Morgan fingerprint density at radius 2 is 2.11 bits per heavy atom. The zero-order chi connectivity index (χ0) is 14.0. The van der Waals surface area contributed by atoms with Crippen LogP contribution in [0.15, 0.2) is 22.7 Å². The van der Waals surface area contributed by atoms with Crippen LogP contribution in [0, 0.1) is 0 Å². The Balaban J connectivity index is 2.12. The Kier molecular flexibility index (Phi) is 4.54. The molecule has 1 aliphatic carbocycles. The van der Waals surface area contributed by atoms with Gasteiger partial charge >= 0.3 is 0 Å². The third kappa shape index (κ3) is 3.30. The van der Waals surface area contributed by atoms with Crippen LogP contribution >= 0.6 is 27.5 Å². The third-order valence-corrected chi connectivity index (χ3v) is 4.89. The van der Waals surface area contributed by atoms with Crippen molar-refractivity contribution >= 4 is 33.4 Å². The van der Waals surface area contributed by atoms with Crippen LogP contribution in [-0.2, 0) is 0 Å². The van der Waals surface area contributed by atoms with Gasteiger partial charge in [-0.25, -0.2) is 0 Å². The molecule has 0 unspecified atom stereocenters. The fourth-order valence-corrected chi connectivity index (χ4v) is 3.15. The first kappa shape index (κ1) is 14.8. The number of halogens is 2. The minimum absolute atomic E-state index is 0.161. The highest BCUT2D eigenvalue weighted by atomic mass is 79.9. The fraction of sp³-hybridized carbons (Fsp3) is 0.500. The molecule has 5 heteroatoms. The lowest BCUT2D eigenvalue weighted by atomic mass is 10.0. The SMILES string of the molecule is CN(CC1(O)CCCC1)C(=O)c1cccc(Br)c1Cl. The Bertz CT molecular complexity index is 486. The van der Waals surface area contributed by atoms with Gasteiger partial charge in [-0.15, -0.1) is 0 Å². The van der Waals surface area contributed by atoms with Crippen molar-refractivity contribution in [3.8, 4) is 0 Å². The number of aliphatic hydroxyl groups is 1. The topological polar surface area (TPSA) is 40.5 Å². The molecule has 19 heavy (non-hydrogen) atoms. The monoisotopic (exact) mass is 345 g/mol. The van der Waals surface area contributed by atoms with E-state index in [4.69, 9.17) is 11.6 Å². The van der Waals surface area contributed by atoms with Gasteiger partial charge in [0.15, 0.2) is 0 Å². The second-order valence-corrected chi connectivity index (χ2v) is 6.43. The molecule has 1 N–H and O–H groups in total. The molecule has 1 aromatic carbocycles. The summed E-state index contributed by atoms with van der Waals surface area (Å²) in [7, 11) is 1.70. The van der Waals surface area contributed by atoms with Crippen molar-refractivity contribution in [2.45, 2.75) is 31.3 Å². The molecule has 0 atom stereocenters. The van der Waals surface area contributed by atoms with E-state index >= 15 is 0 Å². The molecule has 1 saturated carbocycles. The smallest absolute Gasteiger partial charge is 0.255 e. The molecule has 0 radical (unpaired) electrons. The van der Waals surface area contributed by atoms with Gasteiger partial charge in [0.05, 0.1) is 16.2 Å². The van der Waals surface area contributed by atoms with Crippen molar-refractivity contribution in [2.24, 2.45) is 0 Å². The summed E-state index contributed by atoms with van der Waals surface area (Å²) in [4.78, 5) is 13.9. The first-order valence-corrected chi connectivity index (χ1v) is 7.52. The maximum Gasteiger partial charge on any atom is 0.255 e. The van der Waals surface area contributed by atoms with Crippen LogP contribution in [0.1, 0.15) is 36.0 Å². The molecule has 0 saturated heterocycles. The van der Waals surface area contributed by atoms with E-state index in [1.165, 1.54) is 0 Å². The highest BCUT2D eigenvalue weighted by Gasteiger charge is 2.33. The van der Waals surface area contributed by atoms with Crippen molar-refractivity contribution < 1.29 is 9.90 Å². The van der Waals surface area contributed by atoms with Crippen molar-refractivity contribution in [3.05, 3.63) is 33.3 Å². The van der Waals surface area contributed by atoms with Gasteiger partial charge in [0.2, 0.25) is 0 Å². The number of nitrogens with zero attached hydrogens (tertiary/aromatic N) is 1. The number of likely N-dealkylation sites (N-methyl/N-ethyl adjacent to an activating group) is 1. The van der Waals surface area contributed by atoms with Crippen molar-refractivity contribution in [2.75, 3.05) is 13.6 Å². The Morgan fingerprint density at radius 3 is 2.74 bits per heavy atom. The second kappa shape index (κ2) is 5.81. The van der Waals surface area contributed by atoms with Gasteiger partial charge < -0.3 is 10.0 Å². The fourth-order valence-electron chi connectivity index (χ4n) is 2.58. The average Bonchev–Trinajstić information content (AvgIpc) is 2.78. The van der Waals surface area contributed by atoms with Crippen LogP contribution in [0.25, 0.3) is 0 Å². The summed E-state index contributed by atoms with van der Waals surface area (Å²) >= 11 is 9.44. The summed E-state index contributed by atoms with van der Waals surface area (Å²) in [5.41, 5.74) is -0.275. The zero-order valence-corrected chi connectivity index (χ0v) is 13.2. The average molecular weight is 347 g/mol. The molecule has 1 aliphatic rings. The van der Waals surface area contributed by atoms with E-state index in [2.05, 4.69) is 15.9 Å². The first-order valence-electron chi connectivity index (χ1n) is 6.35. The van der Waals surface area contributed by atoms with Crippen LogP contribution in [0.4, 0.5) is 0 Å². The van der Waals surface area contributed by atoms with Crippen LogP contribution < -0.4 is 0 Å². The Labute approximate surface area is 126 Å². The summed E-state index contributed by atoms with van der Waals surface area (Å²) in [6, 6.07) is 5.27. The number of rotatable bonds is 3. The molecule has 0 heterocycles. The molecule has 1 aromatic rings. The molecule has 3 nitrogen and oxygen atoms in total. The van der Waals surface area contributed by atoms with Gasteiger partial charge in [-0.2, -0.15) is 0 Å². The van der Waals surface area contributed by atoms with E-state index in [9.17, 15) is 9.90 Å². The molecule has 1 fully saturated rings. The largest absolute Gasteiger partial charge is 0.388 e. The quantitative estimate of drug-likeness (QED) is 0.910. The molecule has 0 bridgehead atoms.